The van der Waals surface area contributed by atoms with Gasteiger partial charge in [-0.25, -0.2) is 8.78 Å². The van der Waals surface area contributed by atoms with Crippen LogP contribution in [0.5, 0.6) is 0 Å². The Kier molecular flexibility index (Phi) is 4.36. The molecule has 1 atom stereocenters. The first-order valence-corrected chi connectivity index (χ1v) is 6.70. The van der Waals surface area contributed by atoms with Gasteiger partial charge < -0.3 is 0 Å². The van der Waals surface area contributed by atoms with Crippen molar-refractivity contribution >= 4 is 27.5 Å². The van der Waals surface area contributed by atoms with Crippen LogP contribution < -0.4 is 0 Å². The predicted octanol–water partition coefficient (Wildman–Crippen LogP) is 5.30. The van der Waals surface area contributed by atoms with Crippen molar-refractivity contribution in [2.45, 2.75) is 11.2 Å². The van der Waals surface area contributed by atoms with Crippen LogP contribution in [-0.4, -0.2) is 0 Å². The van der Waals surface area contributed by atoms with Gasteiger partial charge in [-0.05, 0) is 30.2 Å². The molecule has 0 fully saturated rings. The van der Waals surface area contributed by atoms with Crippen LogP contribution >= 0.6 is 27.5 Å². The Bertz CT molecular complexity index is 537. The SMILES string of the molecule is Fc1ccccc1CC(Br)c1c(F)cccc1Cl. The molecule has 2 aromatic carbocycles. The normalized spacial score (nSPS) is 12.4. The smallest absolute Gasteiger partial charge is 0.129 e. The van der Waals surface area contributed by atoms with E-state index >= 15 is 0 Å². The minimum atomic E-state index is -0.388. The second-order valence-corrected chi connectivity index (χ2v) is 5.41. The van der Waals surface area contributed by atoms with Gasteiger partial charge in [0.1, 0.15) is 11.6 Å². The maximum Gasteiger partial charge on any atom is 0.129 e. The second kappa shape index (κ2) is 5.81. The highest BCUT2D eigenvalue weighted by Gasteiger charge is 2.17. The van der Waals surface area contributed by atoms with Crippen LogP contribution in [0.15, 0.2) is 42.5 Å². The molecular weight excluding hydrogens is 322 g/mol. The van der Waals surface area contributed by atoms with Gasteiger partial charge in [0.15, 0.2) is 0 Å². The summed E-state index contributed by atoms with van der Waals surface area (Å²) >= 11 is 9.33. The van der Waals surface area contributed by atoms with E-state index in [1.807, 2.05) is 0 Å². The molecule has 0 nitrogen and oxygen atoms in total. The number of halogens is 4. The molecule has 4 heteroatoms. The Morgan fingerprint density at radius 2 is 1.67 bits per heavy atom. The van der Waals surface area contributed by atoms with Gasteiger partial charge in [0.25, 0.3) is 0 Å². The van der Waals surface area contributed by atoms with Gasteiger partial charge in [0, 0.05) is 15.4 Å². The zero-order valence-electron chi connectivity index (χ0n) is 9.34. The topological polar surface area (TPSA) is 0 Å². The summed E-state index contributed by atoms with van der Waals surface area (Å²) in [4.78, 5) is -0.358. The largest absolute Gasteiger partial charge is 0.207 e. The third-order valence-corrected chi connectivity index (χ3v) is 3.78. The van der Waals surface area contributed by atoms with Crippen molar-refractivity contribution in [2.24, 2.45) is 0 Å². The summed E-state index contributed by atoms with van der Waals surface area (Å²) in [5.41, 5.74) is 0.890. The van der Waals surface area contributed by atoms with Gasteiger partial charge in [0.05, 0.1) is 0 Å². The van der Waals surface area contributed by atoms with E-state index in [1.54, 1.807) is 30.3 Å². The van der Waals surface area contributed by atoms with Gasteiger partial charge in [-0.15, -0.1) is 0 Å². The van der Waals surface area contributed by atoms with Crippen LogP contribution in [0.2, 0.25) is 5.02 Å². The molecule has 0 amide bonds. The summed E-state index contributed by atoms with van der Waals surface area (Å²) in [7, 11) is 0. The number of hydrogen-bond acceptors (Lipinski definition) is 0. The molecular formula is C14H10BrClF2. The second-order valence-electron chi connectivity index (χ2n) is 3.90. The maximum atomic E-state index is 13.7. The molecule has 0 aromatic heterocycles. The molecule has 0 aliphatic carbocycles. The lowest BCUT2D eigenvalue weighted by molar-refractivity contribution is 0.594. The third kappa shape index (κ3) is 2.90. The standard InChI is InChI=1S/C14H10BrClF2/c15-10(8-9-4-1-2-6-12(9)17)14-11(16)5-3-7-13(14)18/h1-7,10H,8H2. The summed E-state index contributed by atoms with van der Waals surface area (Å²) < 4.78 is 27.2. The van der Waals surface area contributed by atoms with Gasteiger partial charge in [-0.2, -0.15) is 0 Å². The molecule has 94 valence electrons. The first-order chi connectivity index (χ1) is 8.59. The number of rotatable bonds is 3. The number of hydrogen-bond donors (Lipinski definition) is 0. The summed E-state index contributed by atoms with van der Waals surface area (Å²) in [5, 5.41) is 0.341. The molecule has 0 heterocycles. The lowest BCUT2D eigenvalue weighted by Crippen LogP contribution is -2.01. The Hall–Kier alpha value is -0.930. The average molecular weight is 332 g/mol. The first-order valence-electron chi connectivity index (χ1n) is 5.41. The zero-order valence-corrected chi connectivity index (χ0v) is 11.7. The van der Waals surface area contributed by atoms with E-state index in [0.717, 1.165) is 0 Å². The Morgan fingerprint density at radius 3 is 2.33 bits per heavy atom. The van der Waals surface area contributed by atoms with Crippen molar-refractivity contribution in [3.63, 3.8) is 0 Å². The zero-order chi connectivity index (χ0) is 13.1. The molecule has 0 spiro atoms. The Morgan fingerprint density at radius 1 is 1.00 bits per heavy atom. The molecule has 0 N–H and O–H groups in total. The molecule has 2 aromatic rings. The lowest BCUT2D eigenvalue weighted by Gasteiger charge is -2.13. The van der Waals surface area contributed by atoms with Crippen molar-refractivity contribution in [1.82, 2.24) is 0 Å². The molecule has 1 unspecified atom stereocenters. The summed E-state index contributed by atoms with van der Waals surface area (Å²) in [5.74, 6) is -0.685. The average Bonchev–Trinajstić information content (AvgIpc) is 2.32. The van der Waals surface area contributed by atoms with Gasteiger partial charge in [-0.3, -0.25) is 0 Å². The van der Waals surface area contributed by atoms with Crippen LogP contribution in [-0.2, 0) is 6.42 Å². The molecule has 0 bridgehead atoms. The van der Waals surface area contributed by atoms with E-state index in [4.69, 9.17) is 11.6 Å². The van der Waals surface area contributed by atoms with Crippen molar-refractivity contribution in [1.29, 1.82) is 0 Å². The Labute approximate surface area is 118 Å². The highest BCUT2D eigenvalue weighted by molar-refractivity contribution is 9.09. The van der Waals surface area contributed by atoms with E-state index < -0.39 is 0 Å². The summed E-state index contributed by atoms with van der Waals surface area (Å²) in [6.45, 7) is 0. The van der Waals surface area contributed by atoms with Gasteiger partial charge in [-0.1, -0.05) is 51.8 Å². The third-order valence-electron chi connectivity index (χ3n) is 2.67. The van der Waals surface area contributed by atoms with Crippen LogP contribution in [0.1, 0.15) is 16.0 Å². The quantitative estimate of drug-likeness (QED) is 0.670. The molecule has 0 saturated heterocycles. The highest BCUT2D eigenvalue weighted by Crippen LogP contribution is 2.34. The molecule has 0 aliphatic heterocycles. The van der Waals surface area contributed by atoms with E-state index in [9.17, 15) is 8.78 Å². The van der Waals surface area contributed by atoms with Crippen molar-refractivity contribution in [2.75, 3.05) is 0 Å². The van der Waals surface area contributed by atoms with E-state index in [2.05, 4.69) is 15.9 Å². The van der Waals surface area contributed by atoms with Crippen molar-refractivity contribution < 1.29 is 8.78 Å². The van der Waals surface area contributed by atoms with Gasteiger partial charge in [0.2, 0.25) is 0 Å². The van der Waals surface area contributed by atoms with Crippen LogP contribution in [0.25, 0.3) is 0 Å². The Balaban J connectivity index is 2.28. The monoisotopic (exact) mass is 330 g/mol. The fourth-order valence-electron chi connectivity index (χ4n) is 1.77. The molecule has 0 saturated carbocycles. The number of benzene rings is 2. The van der Waals surface area contributed by atoms with Gasteiger partial charge >= 0.3 is 0 Å². The van der Waals surface area contributed by atoms with Crippen molar-refractivity contribution in [3.8, 4) is 0 Å². The maximum absolute atomic E-state index is 13.7. The van der Waals surface area contributed by atoms with E-state index in [0.29, 0.717) is 22.6 Å². The van der Waals surface area contributed by atoms with Crippen LogP contribution in [0.4, 0.5) is 8.78 Å². The van der Waals surface area contributed by atoms with Crippen molar-refractivity contribution in [3.05, 3.63) is 70.2 Å². The summed E-state index contributed by atoms with van der Waals surface area (Å²) in [6.07, 6.45) is 0.341. The minimum Gasteiger partial charge on any atom is -0.207 e. The minimum absolute atomic E-state index is 0.297. The fourth-order valence-corrected chi connectivity index (χ4v) is 3.01. The first kappa shape index (κ1) is 13.5. The predicted molar refractivity (Wildman–Crippen MR) is 73.2 cm³/mol. The molecule has 0 radical (unpaired) electrons. The van der Waals surface area contributed by atoms with Crippen LogP contribution in [0.3, 0.4) is 0 Å². The molecule has 18 heavy (non-hydrogen) atoms. The number of alkyl halides is 1. The molecule has 0 aliphatic rings. The lowest BCUT2D eigenvalue weighted by atomic mass is 10.0. The van der Waals surface area contributed by atoms with E-state index in [1.165, 1.54) is 12.1 Å². The highest BCUT2D eigenvalue weighted by atomic mass is 79.9. The summed E-state index contributed by atoms with van der Waals surface area (Å²) in [6, 6.07) is 11.0. The van der Waals surface area contributed by atoms with Crippen LogP contribution in [0, 0.1) is 11.6 Å². The fraction of sp³-hybridized carbons (Fsp3) is 0.143. The van der Waals surface area contributed by atoms with E-state index in [-0.39, 0.29) is 16.5 Å². The molecule has 2 rings (SSSR count).